The second-order valence-corrected chi connectivity index (χ2v) is 8.02. The first-order valence-corrected chi connectivity index (χ1v) is 7.83. The number of rotatable bonds is 5. The topological polar surface area (TPSA) is 38.5 Å². The first-order valence-electron chi connectivity index (χ1n) is 7.83. The van der Waals surface area contributed by atoms with E-state index in [1.54, 1.807) is 0 Å². The molecule has 0 aromatic carbocycles. The summed E-state index contributed by atoms with van der Waals surface area (Å²) >= 11 is 0. The Bertz CT molecular complexity index is 321. The Kier molecular flexibility index (Phi) is 4.03. The van der Waals surface area contributed by atoms with E-state index in [0.717, 1.165) is 18.5 Å². The van der Waals surface area contributed by atoms with Crippen molar-refractivity contribution in [2.75, 3.05) is 13.1 Å². The summed E-state index contributed by atoms with van der Waals surface area (Å²) in [6.45, 7) is 15.5. The van der Waals surface area contributed by atoms with E-state index in [-0.39, 0.29) is 17.2 Å². The van der Waals surface area contributed by atoms with Crippen LogP contribution in [0.25, 0.3) is 0 Å². The van der Waals surface area contributed by atoms with Gasteiger partial charge in [0.2, 0.25) is 0 Å². The van der Waals surface area contributed by atoms with Crippen LogP contribution in [0, 0.1) is 11.8 Å². The van der Waals surface area contributed by atoms with Crippen LogP contribution in [0.3, 0.4) is 0 Å². The number of hydrogen-bond acceptors (Lipinski definition) is 3. The highest BCUT2D eigenvalue weighted by molar-refractivity contribution is 5.05. The van der Waals surface area contributed by atoms with Gasteiger partial charge in [0, 0.05) is 31.1 Å². The van der Waals surface area contributed by atoms with Gasteiger partial charge in [-0.15, -0.1) is 0 Å². The van der Waals surface area contributed by atoms with Gasteiger partial charge in [-0.1, -0.05) is 13.8 Å². The molecule has 1 aliphatic carbocycles. The van der Waals surface area contributed by atoms with Crippen LogP contribution < -0.4 is 5.73 Å². The minimum atomic E-state index is -0.207. The fourth-order valence-corrected chi connectivity index (χ4v) is 3.61. The quantitative estimate of drug-likeness (QED) is 0.833. The molecule has 0 amide bonds. The molecular formula is C16H32N2O. The maximum atomic E-state index is 6.48. The molecule has 112 valence electrons. The molecule has 3 heteroatoms. The smallest absolute Gasteiger partial charge is 0.0788 e. The van der Waals surface area contributed by atoms with Gasteiger partial charge in [0.15, 0.2) is 0 Å². The van der Waals surface area contributed by atoms with Gasteiger partial charge in [-0.25, -0.2) is 0 Å². The summed E-state index contributed by atoms with van der Waals surface area (Å²) in [4.78, 5) is 2.65. The molecule has 1 heterocycles. The third-order valence-electron chi connectivity index (χ3n) is 4.75. The Morgan fingerprint density at radius 1 is 1.16 bits per heavy atom. The number of ether oxygens (including phenoxy) is 1. The normalized spacial score (nSPS) is 33.3. The lowest BCUT2D eigenvalue weighted by Crippen LogP contribution is -2.49. The van der Waals surface area contributed by atoms with Crippen molar-refractivity contribution < 1.29 is 4.74 Å². The molecule has 2 fully saturated rings. The summed E-state index contributed by atoms with van der Waals surface area (Å²) in [5.41, 5.74) is 6.16. The zero-order valence-electron chi connectivity index (χ0n) is 13.6. The highest BCUT2D eigenvalue weighted by Crippen LogP contribution is 2.42. The lowest BCUT2D eigenvalue weighted by molar-refractivity contribution is -0.0788. The summed E-state index contributed by atoms with van der Waals surface area (Å²) in [5, 5.41) is 0. The van der Waals surface area contributed by atoms with E-state index in [9.17, 15) is 0 Å². The van der Waals surface area contributed by atoms with Crippen molar-refractivity contribution >= 4 is 0 Å². The van der Waals surface area contributed by atoms with Gasteiger partial charge >= 0.3 is 0 Å². The molecule has 0 radical (unpaired) electrons. The van der Waals surface area contributed by atoms with Crippen molar-refractivity contribution in [3.63, 3.8) is 0 Å². The molecule has 1 saturated heterocycles. The largest absolute Gasteiger partial charge is 0.368 e. The van der Waals surface area contributed by atoms with Gasteiger partial charge in [-0.05, 0) is 46.5 Å². The van der Waals surface area contributed by atoms with Gasteiger partial charge < -0.3 is 10.5 Å². The minimum Gasteiger partial charge on any atom is -0.368 e. The van der Waals surface area contributed by atoms with E-state index in [2.05, 4.69) is 46.4 Å². The van der Waals surface area contributed by atoms with Crippen LogP contribution in [-0.4, -0.2) is 41.3 Å². The molecule has 19 heavy (non-hydrogen) atoms. The molecular weight excluding hydrogens is 236 g/mol. The highest BCUT2D eigenvalue weighted by Gasteiger charge is 2.53. The summed E-state index contributed by atoms with van der Waals surface area (Å²) in [5.74, 6) is 1.14. The summed E-state index contributed by atoms with van der Waals surface area (Å²) in [6, 6.07) is 0.921. The summed E-state index contributed by atoms with van der Waals surface area (Å²) in [6.07, 6.45) is 2.72. The molecule has 1 aliphatic heterocycles. The van der Waals surface area contributed by atoms with Crippen molar-refractivity contribution in [1.29, 1.82) is 0 Å². The lowest BCUT2D eigenvalue weighted by atomic mass is 9.82. The van der Waals surface area contributed by atoms with E-state index >= 15 is 0 Å². The Morgan fingerprint density at radius 3 is 2.11 bits per heavy atom. The second-order valence-electron chi connectivity index (χ2n) is 8.02. The van der Waals surface area contributed by atoms with Crippen LogP contribution in [0.5, 0.6) is 0 Å². The van der Waals surface area contributed by atoms with Crippen LogP contribution in [0.1, 0.15) is 54.4 Å². The zero-order chi connectivity index (χ0) is 14.4. The molecule has 1 saturated carbocycles. The predicted octanol–water partition coefficient (Wildman–Crippen LogP) is 2.64. The standard InChI is InChI=1S/C16H32N2O/c1-11(2)9-18(12-7-8-12)10-13-14(17)16(5,6)19-15(13,3)4/h11-14H,7-10,17H2,1-6H3. The Labute approximate surface area is 118 Å². The zero-order valence-corrected chi connectivity index (χ0v) is 13.6. The second kappa shape index (κ2) is 5.01. The molecule has 2 unspecified atom stereocenters. The van der Waals surface area contributed by atoms with E-state index < -0.39 is 0 Å². The third-order valence-corrected chi connectivity index (χ3v) is 4.75. The summed E-state index contributed by atoms with van der Waals surface area (Å²) < 4.78 is 6.22. The van der Waals surface area contributed by atoms with Crippen molar-refractivity contribution in [3.05, 3.63) is 0 Å². The molecule has 3 nitrogen and oxygen atoms in total. The van der Waals surface area contributed by atoms with Gasteiger partial charge in [0.05, 0.1) is 11.2 Å². The monoisotopic (exact) mass is 268 g/mol. The Balaban J connectivity index is 2.07. The van der Waals surface area contributed by atoms with E-state index in [1.807, 2.05) is 0 Å². The molecule has 2 N–H and O–H groups in total. The first kappa shape index (κ1) is 15.3. The van der Waals surface area contributed by atoms with Crippen molar-refractivity contribution in [3.8, 4) is 0 Å². The Morgan fingerprint density at radius 2 is 1.74 bits per heavy atom. The number of hydrogen-bond donors (Lipinski definition) is 1. The van der Waals surface area contributed by atoms with Crippen molar-refractivity contribution in [2.45, 2.75) is 77.7 Å². The fourth-order valence-electron chi connectivity index (χ4n) is 3.61. The maximum Gasteiger partial charge on any atom is 0.0788 e. The van der Waals surface area contributed by atoms with E-state index in [0.29, 0.717) is 5.92 Å². The first-order chi connectivity index (χ1) is 8.63. The lowest BCUT2D eigenvalue weighted by Gasteiger charge is -2.34. The van der Waals surface area contributed by atoms with Crippen LogP contribution in [0.2, 0.25) is 0 Å². The SMILES string of the molecule is CC(C)CN(CC1C(N)C(C)(C)OC1(C)C)C1CC1. The number of nitrogens with two attached hydrogens (primary N) is 1. The van der Waals surface area contributed by atoms with Crippen molar-refractivity contribution in [1.82, 2.24) is 4.90 Å². The predicted molar refractivity (Wildman–Crippen MR) is 80.1 cm³/mol. The molecule has 0 bridgehead atoms. The van der Waals surface area contributed by atoms with E-state index in [1.165, 1.54) is 19.4 Å². The van der Waals surface area contributed by atoms with Gasteiger partial charge in [-0.3, -0.25) is 4.90 Å². The van der Waals surface area contributed by atoms with Gasteiger partial charge in [-0.2, -0.15) is 0 Å². The van der Waals surface area contributed by atoms with Crippen molar-refractivity contribution in [2.24, 2.45) is 17.6 Å². The fraction of sp³-hybridized carbons (Fsp3) is 1.00. The molecule has 0 spiro atoms. The molecule has 2 aliphatic rings. The highest BCUT2D eigenvalue weighted by atomic mass is 16.5. The molecule has 0 aromatic rings. The molecule has 2 atom stereocenters. The molecule has 2 rings (SSSR count). The molecule has 0 aromatic heterocycles. The van der Waals surface area contributed by atoms with E-state index in [4.69, 9.17) is 10.5 Å². The summed E-state index contributed by atoms with van der Waals surface area (Å²) in [7, 11) is 0. The minimum absolute atomic E-state index is 0.118. The van der Waals surface area contributed by atoms with Crippen LogP contribution in [-0.2, 0) is 4.74 Å². The van der Waals surface area contributed by atoms with Crippen LogP contribution in [0.4, 0.5) is 0 Å². The van der Waals surface area contributed by atoms with Crippen LogP contribution in [0.15, 0.2) is 0 Å². The maximum absolute atomic E-state index is 6.48. The van der Waals surface area contributed by atoms with Crippen LogP contribution >= 0.6 is 0 Å². The number of nitrogens with zero attached hydrogens (tertiary/aromatic N) is 1. The van der Waals surface area contributed by atoms with Gasteiger partial charge in [0.25, 0.3) is 0 Å². The average Bonchev–Trinajstić information content (AvgIpc) is 3.01. The van der Waals surface area contributed by atoms with Gasteiger partial charge in [0.1, 0.15) is 0 Å². The Hall–Kier alpha value is -0.120. The average molecular weight is 268 g/mol. The third kappa shape index (κ3) is 3.32.